The molecule has 2 N–H and O–H groups in total. The fourth-order valence-corrected chi connectivity index (χ4v) is 3.25. The normalized spacial score (nSPS) is 31.6. The van der Waals surface area contributed by atoms with E-state index in [1.54, 1.807) is 0 Å². The summed E-state index contributed by atoms with van der Waals surface area (Å²) in [6.45, 7) is 2.92. The van der Waals surface area contributed by atoms with Crippen LogP contribution in [0.2, 0.25) is 0 Å². The van der Waals surface area contributed by atoms with E-state index in [1.807, 2.05) is 11.8 Å². The highest BCUT2D eigenvalue weighted by atomic mass is 32.2. The van der Waals surface area contributed by atoms with Crippen molar-refractivity contribution in [3.05, 3.63) is 0 Å². The van der Waals surface area contributed by atoms with Gasteiger partial charge >= 0.3 is 0 Å². The molecule has 2 aliphatic heterocycles. The van der Waals surface area contributed by atoms with Crippen LogP contribution in [-0.2, 0) is 4.79 Å². The Morgan fingerprint density at radius 2 is 2.50 bits per heavy atom. The SMILES string of the molecule is CN1CCCC1CNC(=O)C1CSCCN1. The summed E-state index contributed by atoms with van der Waals surface area (Å²) in [7, 11) is 2.14. The van der Waals surface area contributed by atoms with Crippen molar-refractivity contribution in [1.82, 2.24) is 15.5 Å². The zero-order valence-corrected chi connectivity index (χ0v) is 10.7. The van der Waals surface area contributed by atoms with E-state index in [4.69, 9.17) is 0 Å². The van der Waals surface area contributed by atoms with Crippen LogP contribution in [0, 0.1) is 0 Å². The minimum atomic E-state index is 0.0189. The minimum absolute atomic E-state index is 0.0189. The fraction of sp³-hybridized carbons (Fsp3) is 0.909. The lowest BCUT2D eigenvalue weighted by atomic mass is 10.2. The predicted molar refractivity (Wildman–Crippen MR) is 67.8 cm³/mol. The Hall–Kier alpha value is -0.260. The highest BCUT2D eigenvalue weighted by Gasteiger charge is 2.24. The van der Waals surface area contributed by atoms with E-state index in [9.17, 15) is 4.79 Å². The lowest BCUT2D eigenvalue weighted by molar-refractivity contribution is -0.122. The molecule has 2 fully saturated rings. The maximum atomic E-state index is 11.9. The van der Waals surface area contributed by atoms with Gasteiger partial charge in [0.2, 0.25) is 5.91 Å². The average molecular weight is 243 g/mol. The molecule has 1 amide bonds. The number of carbonyl (C=O) groups excluding carboxylic acids is 1. The highest BCUT2D eigenvalue weighted by molar-refractivity contribution is 7.99. The van der Waals surface area contributed by atoms with Gasteiger partial charge in [0.1, 0.15) is 0 Å². The van der Waals surface area contributed by atoms with Crippen LogP contribution in [0.15, 0.2) is 0 Å². The zero-order chi connectivity index (χ0) is 11.4. The van der Waals surface area contributed by atoms with E-state index in [0.29, 0.717) is 6.04 Å². The molecule has 2 rings (SSSR count). The first-order valence-electron chi connectivity index (χ1n) is 6.06. The number of amides is 1. The van der Waals surface area contributed by atoms with Crippen LogP contribution in [-0.4, -0.2) is 61.1 Å². The van der Waals surface area contributed by atoms with E-state index in [1.165, 1.54) is 12.8 Å². The van der Waals surface area contributed by atoms with Gasteiger partial charge in [-0.15, -0.1) is 0 Å². The summed E-state index contributed by atoms with van der Waals surface area (Å²) in [6, 6.07) is 0.561. The van der Waals surface area contributed by atoms with Gasteiger partial charge < -0.3 is 15.5 Å². The number of nitrogens with one attached hydrogen (secondary N) is 2. The largest absolute Gasteiger partial charge is 0.353 e. The molecule has 0 aliphatic carbocycles. The van der Waals surface area contributed by atoms with E-state index >= 15 is 0 Å². The van der Waals surface area contributed by atoms with Crippen molar-refractivity contribution >= 4 is 17.7 Å². The molecule has 2 unspecified atom stereocenters. The minimum Gasteiger partial charge on any atom is -0.353 e. The maximum Gasteiger partial charge on any atom is 0.238 e. The molecule has 5 heteroatoms. The molecular formula is C11H21N3OS. The molecule has 0 spiro atoms. The second-order valence-corrected chi connectivity index (χ2v) is 5.75. The third-order valence-corrected chi connectivity index (χ3v) is 4.48. The molecular weight excluding hydrogens is 222 g/mol. The maximum absolute atomic E-state index is 11.9. The lowest BCUT2D eigenvalue weighted by Gasteiger charge is -2.24. The number of carbonyl (C=O) groups is 1. The summed E-state index contributed by atoms with van der Waals surface area (Å²) in [4.78, 5) is 14.2. The summed E-state index contributed by atoms with van der Waals surface area (Å²) in [5, 5.41) is 6.33. The van der Waals surface area contributed by atoms with Crippen molar-refractivity contribution in [2.24, 2.45) is 0 Å². The van der Waals surface area contributed by atoms with Gasteiger partial charge in [0.05, 0.1) is 6.04 Å². The third-order valence-electron chi connectivity index (χ3n) is 3.42. The summed E-state index contributed by atoms with van der Waals surface area (Å²) in [5.41, 5.74) is 0. The van der Waals surface area contributed by atoms with Gasteiger partial charge in [-0.25, -0.2) is 0 Å². The van der Waals surface area contributed by atoms with Crippen molar-refractivity contribution in [1.29, 1.82) is 0 Å². The van der Waals surface area contributed by atoms with Gasteiger partial charge in [0, 0.05) is 30.6 Å². The Kier molecular flexibility index (Phi) is 4.49. The molecule has 2 atom stereocenters. The third kappa shape index (κ3) is 3.12. The topological polar surface area (TPSA) is 44.4 Å². The number of hydrogen-bond acceptors (Lipinski definition) is 4. The number of thioether (sulfide) groups is 1. The molecule has 0 aromatic carbocycles. The van der Waals surface area contributed by atoms with Crippen molar-refractivity contribution in [3.8, 4) is 0 Å². The van der Waals surface area contributed by atoms with E-state index in [-0.39, 0.29) is 11.9 Å². The van der Waals surface area contributed by atoms with Crippen molar-refractivity contribution in [2.45, 2.75) is 24.9 Å². The van der Waals surface area contributed by atoms with Crippen LogP contribution >= 0.6 is 11.8 Å². The first-order valence-corrected chi connectivity index (χ1v) is 7.22. The molecule has 0 aromatic rings. The van der Waals surface area contributed by atoms with Gasteiger partial charge in [0.15, 0.2) is 0 Å². The van der Waals surface area contributed by atoms with Gasteiger partial charge in [0.25, 0.3) is 0 Å². The summed E-state index contributed by atoms with van der Waals surface area (Å²) < 4.78 is 0. The van der Waals surface area contributed by atoms with Crippen LogP contribution in [0.25, 0.3) is 0 Å². The Balaban J connectivity index is 1.70. The molecule has 0 radical (unpaired) electrons. The summed E-state index contributed by atoms with van der Waals surface area (Å²) in [5.74, 6) is 2.20. The van der Waals surface area contributed by atoms with Crippen molar-refractivity contribution in [2.75, 3.05) is 38.2 Å². The lowest BCUT2D eigenvalue weighted by Crippen LogP contribution is -2.51. The van der Waals surface area contributed by atoms with E-state index < -0.39 is 0 Å². The van der Waals surface area contributed by atoms with Gasteiger partial charge in [-0.2, -0.15) is 11.8 Å². The zero-order valence-electron chi connectivity index (χ0n) is 9.87. The van der Waals surface area contributed by atoms with Crippen LogP contribution < -0.4 is 10.6 Å². The number of rotatable bonds is 3. The second kappa shape index (κ2) is 5.89. The second-order valence-electron chi connectivity index (χ2n) is 4.60. The molecule has 92 valence electrons. The predicted octanol–water partition coefficient (Wildman–Crippen LogP) is -0.0982. The molecule has 4 nitrogen and oxygen atoms in total. The highest BCUT2D eigenvalue weighted by Crippen LogP contribution is 2.13. The summed E-state index contributed by atoms with van der Waals surface area (Å²) in [6.07, 6.45) is 2.47. The monoisotopic (exact) mass is 243 g/mol. The number of likely N-dealkylation sites (tertiary alicyclic amines) is 1. The van der Waals surface area contributed by atoms with Crippen LogP contribution in [0.3, 0.4) is 0 Å². The average Bonchev–Trinajstić information content (AvgIpc) is 2.73. The molecule has 0 aromatic heterocycles. The Morgan fingerprint density at radius 1 is 1.62 bits per heavy atom. The first kappa shape index (κ1) is 12.2. The van der Waals surface area contributed by atoms with Crippen LogP contribution in [0.5, 0.6) is 0 Å². The Bertz CT molecular complexity index is 243. The van der Waals surface area contributed by atoms with Gasteiger partial charge in [-0.3, -0.25) is 4.79 Å². The number of likely N-dealkylation sites (N-methyl/N-ethyl adjacent to an activating group) is 1. The van der Waals surface area contributed by atoms with Crippen molar-refractivity contribution in [3.63, 3.8) is 0 Å². The Morgan fingerprint density at radius 3 is 3.12 bits per heavy atom. The molecule has 16 heavy (non-hydrogen) atoms. The number of hydrogen-bond donors (Lipinski definition) is 2. The van der Waals surface area contributed by atoms with Crippen LogP contribution in [0.4, 0.5) is 0 Å². The first-order chi connectivity index (χ1) is 7.77. The standard InChI is InChI=1S/C11H21N3OS/c1-14-5-2-3-9(14)7-13-11(15)10-8-16-6-4-12-10/h9-10,12H,2-8H2,1H3,(H,13,15). The molecule has 2 heterocycles. The smallest absolute Gasteiger partial charge is 0.238 e. The van der Waals surface area contributed by atoms with Gasteiger partial charge in [-0.05, 0) is 26.4 Å². The number of nitrogens with zero attached hydrogens (tertiary/aromatic N) is 1. The molecule has 0 bridgehead atoms. The Labute approximate surface area is 102 Å². The van der Waals surface area contributed by atoms with E-state index in [2.05, 4.69) is 22.6 Å². The quantitative estimate of drug-likeness (QED) is 0.727. The molecule has 2 aliphatic rings. The van der Waals surface area contributed by atoms with Gasteiger partial charge in [-0.1, -0.05) is 0 Å². The van der Waals surface area contributed by atoms with E-state index in [0.717, 1.165) is 31.1 Å². The summed E-state index contributed by atoms with van der Waals surface area (Å²) >= 11 is 1.86. The fourth-order valence-electron chi connectivity index (χ4n) is 2.31. The van der Waals surface area contributed by atoms with Crippen molar-refractivity contribution < 1.29 is 4.79 Å². The molecule has 2 saturated heterocycles. The molecule has 0 saturated carbocycles. The van der Waals surface area contributed by atoms with Crippen LogP contribution in [0.1, 0.15) is 12.8 Å².